The van der Waals surface area contributed by atoms with E-state index in [0.717, 1.165) is 13.0 Å². The van der Waals surface area contributed by atoms with Crippen molar-refractivity contribution in [1.29, 1.82) is 0 Å². The Morgan fingerprint density at radius 3 is 3.22 bits per heavy atom. The Labute approximate surface area is 160 Å². The standard InChI is InChI=1S/C20H20FN3O2S/c21-16-4-1-3-14(11-16)19(20(25)23-22-12-17-5-2-9-26-17)24-8-6-18-15(13-24)7-10-27-18/h1-3,5,7,9-12,16,19H,4,6,8,13H2,(H,23,25)/b22-12+. The van der Waals surface area contributed by atoms with Crippen molar-refractivity contribution in [3.63, 3.8) is 0 Å². The van der Waals surface area contributed by atoms with Crippen LogP contribution in [-0.4, -0.2) is 35.8 Å². The number of rotatable bonds is 5. The molecule has 0 radical (unpaired) electrons. The molecule has 3 heterocycles. The maximum absolute atomic E-state index is 13.9. The molecule has 1 N–H and O–H groups in total. The van der Waals surface area contributed by atoms with E-state index in [4.69, 9.17) is 4.42 Å². The van der Waals surface area contributed by atoms with Gasteiger partial charge in [-0.05, 0) is 47.2 Å². The van der Waals surface area contributed by atoms with Gasteiger partial charge in [0.05, 0.1) is 12.5 Å². The molecule has 0 saturated carbocycles. The number of carbonyl (C=O) groups is 1. The highest BCUT2D eigenvalue weighted by molar-refractivity contribution is 7.10. The highest BCUT2D eigenvalue weighted by atomic mass is 32.1. The van der Waals surface area contributed by atoms with Gasteiger partial charge in [-0.2, -0.15) is 5.10 Å². The van der Waals surface area contributed by atoms with Crippen LogP contribution < -0.4 is 5.43 Å². The molecule has 0 saturated heterocycles. The third kappa shape index (κ3) is 4.09. The van der Waals surface area contributed by atoms with Gasteiger partial charge in [0.15, 0.2) is 0 Å². The van der Waals surface area contributed by atoms with Gasteiger partial charge in [-0.3, -0.25) is 9.69 Å². The van der Waals surface area contributed by atoms with E-state index in [1.165, 1.54) is 22.9 Å². The summed E-state index contributed by atoms with van der Waals surface area (Å²) in [7, 11) is 0. The summed E-state index contributed by atoms with van der Waals surface area (Å²) >= 11 is 1.75. The SMILES string of the molecule is O=C(N/N=C/c1ccco1)C(C1=CC(F)CC=C1)N1CCc2sccc2C1. The van der Waals surface area contributed by atoms with Crippen LogP contribution in [0.25, 0.3) is 0 Å². The molecule has 0 bridgehead atoms. The number of hydrogen-bond acceptors (Lipinski definition) is 5. The molecule has 1 aliphatic heterocycles. The van der Waals surface area contributed by atoms with E-state index >= 15 is 0 Å². The van der Waals surface area contributed by atoms with Crippen molar-refractivity contribution in [2.24, 2.45) is 5.10 Å². The third-order valence-electron chi connectivity index (χ3n) is 4.72. The number of nitrogens with zero attached hydrogens (tertiary/aromatic N) is 2. The van der Waals surface area contributed by atoms with Crippen molar-refractivity contribution in [2.75, 3.05) is 6.54 Å². The highest BCUT2D eigenvalue weighted by Crippen LogP contribution is 2.28. The van der Waals surface area contributed by atoms with Crippen molar-refractivity contribution >= 4 is 23.5 Å². The molecule has 2 atom stereocenters. The summed E-state index contributed by atoms with van der Waals surface area (Å²) in [5, 5.41) is 6.07. The van der Waals surface area contributed by atoms with E-state index in [0.29, 0.717) is 24.3 Å². The van der Waals surface area contributed by atoms with Crippen LogP contribution in [-0.2, 0) is 17.8 Å². The molecule has 2 unspecified atom stereocenters. The van der Waals surface area contributed by atoms with Gasteiger partial charge in [0.2, 0.25) is 0 Å². The maximum atomic E-state index is 13.9. The van der Waals surface area contributed by atoms with E-state index in [2.05, 4.69) is 26.9 Å². The molecule has 0 spiro atoms. The Morgan fingerprint density at radius 2 is 2.41 bits per heavy atom. The molecule has 7 heteroatoms. The Kier molecular flexibility index (Phi) is 5.31. The lowest BCUT2D eigenvalue weighted by Gasteiger charge is -2.34. The van der Waals surface area contributed by atoms with Crippen LogP contribution in [0, 0.1) is 0 Å². The zero-order valence-corrected chi connectivity index (χ0v) is 15.5. The van der Waals surface area contributed by atoms with Crippen molar-refractivity contribution in [1.82, 2.24) is 10.3 Å². The van der Waals surface area contributed by atoms with Crippen molar-refractivity contribution < 1.29 is 13.6 Å². The number of amides is 1. The smallest absolute Gasteiger partial charge is 0.262 e. The first-order valence-electron chi connectivity index (χ1n) is 8.89. The fraction of sp³-hybridized carbons (Fsp3) is 0.300. The van der Waals surface area contributed by atoms with E-state index in [1.54, 1.807) is 35.6 Å². The van der Waals surface area contributed by atoms with Gasteiger partial charge < -0.3 is 4.42 Å². The lowest BCUT2D eigenvalue weighted by atomic mass is 9.95. The molecule has 1 aliphatic carbocycles. The van der Waals surface area contributed by atoms with Gasteiger partial charge in [-0.15, -0.1) is 11.3 Å². The lowest BCUT2D eigenvalue weighted by Crippen LogP contribution is -2.48. The molecule has 27 heavy (non-hydrogen) atoms. The number of thiophene rings is 1. The van der Waals surface area contributed by atoms with Crippen molar-refractivity contribution in [3.8, 4) is 0 Å². The summed E-state index contributed by atoms with van der Waals surface area (Å²) in [4.78, 5) is 16.4. The number of hydrazone groups is 1. The Balaban J connectivity index is 1.54. The number of furan rings is 1. The Hall–Kier alpha value is -2.51. The van der Waals surface area contributed by atoms with Gasteiger partial charge >= 0.3 is 0 Å². The van der Waals surface area contributed by atoms with E-state index in [1.807, 2.05) is 6.08 Å². The largest absolute Gasteiger partial charge is 0.463 e. The first-order chi connectivity index (χ1) is 13.2. The zero-order valence-electron chi connectivity index (χ0n) is 14.7. The van der Waals surface area contributed by atoms with Crippen LogP contribution in [0.4, 0.5) is 4.39 Å². The molecule has 2 aliphatic rings. The molecule has 2 aromatic rings. The average molecular weight is 385 g/mol. The summed E-state index contributed by atoms with van der Waals surface area (Å²) in [6.07, 6.45) is 8.34. The minimum atomic E-state index is -1.06. The van der Waals surface area contributed by atoms with Crippen molar-refractivity contribution in [2.45, 2.75) is 31.6 Å². The van der Waals surface area contributed by atoms with Gasteiger partial charge in [-0.1, -0.05) is 12.2 Å². The third-order valence-corrected chi connectivity index (χ3v) is 5.74. The number of hydrogen-bond donors (Lipinski definition) is 1. The average Bonchev–Trinajstić information content (AvgIpc) is 3.33. The lowest BCUT2D eigenvalue weighted by molar-refractivity contribution is -0.125. The predicted molar refractivity (Wildman–Crippen MR) is 103 cm³/mol. The van der Waals surface area contributed by atoms with Gasteiger partial charge in [-0.25, -0.2) is 9.82 Å². The second-order valence-corrected chi connectivity index (χ2v) is 7.56. The number of nitrogens with one attached hydrogen (secondary N) is 1. The molecule has 1 amide bonds. The zero-order chi connectivity index (χ0) is 18.6. The summed E-state index contributed by atoms with van der Waals surface area (Å²) in [5.74, 6) is 0.273. The van der Waals surface area contributed by atoms with Crippen LogP contribution in [0.5, 0.6) is 0 Å². The summed E-state index contributed by atoms with van der Waals surface area (Å²) in [6, 6.07) is 5.01. The number of carbonyl (C=O) groups excluding carboxylic acids is 1. The predicted octanol–water partition coefficient (Wildman–Crippen LogP) is 3.44. The maximum Gasteiger partial charge on any atom is 0.262 e. The van der Waals surface area contributed by atoms with E-state index in [9.17, 15) is 9.18 Å². The van der Waals surface area contributed by atoms with Crippen LogP contribution in [0.3, 0.4) is 0 Å². The topological polar surface area (TPSA) is 57.8 Å². The second-order valence-electron chi connectivity index (χ2n) is 6.56. The quantitative estimate of drug-likeness (QED) is 0.634. The first kappa shape index (κ1) is 17.9. The Bertz CT molecular complexity index is 885. The minimum Gasteiger partial charge on any atom is -0.463 e. The summed E-state index contributed by atoms with van der Waals surface area (Å²) < 4.78 is 19.1. The minimum absolute atomic E-state index is 0.276. The molecule has 5 nitrogen and oxygen atoms in total. The number of allylic oxidation sites excluding steroid dienone is 2. The molecule has 0 aromatic carbocycles. The van der Waals surface area contributed by atoms with Gasteiger partial charge in [0.1, 0.15) is 18.0 Å². The summed E-state index contributed by atoms with van der Waals surface area (Å²) in [5.41, 5.74) is 4.50. The first-order valence-corrected chi connectivity index (χ1v) is 9.77. The monoisotopic (exact) mass is 385 g/mol. The van der Waals surface area contributed by atoms with E-state index in [-0.39, 0.29) is 5.91 Å². The van der Waals surface area contributed by atoms with E-state index < -0.39 is 12.2 Å². The van der Waals surface area contributed by atoms with Gasteiger partial charge in [0, 0.05) is 24.4 Å². The van der Waals surface area contributed by atoms with Gasteiger partial charge in [0.25, 0.3) is 5.91 Å². The van der Waals surface area contributed by atoms with Crippen LogP contribution in [0.2, 0.25) is 0 Å². The summed E-state index contributed by atoms with van der Waals surface area (Å²) in [6.45, 7) is 1.41. The highest BCUT2D eigenvalue weighted by Gasteiger charge is 2.32. The molecule has 2 aromatic heterocycles. The number of fused-ring (bicyclic) bond motifs is 1. The molecular formula is C20H20FN3O2S. The number of alkyl halides is 1. The molecular weight excluding hydrogens is 365 g/mol. The second kappa shape index (κ2) is 8.02. The normalized spacial score (nSPS) is 21.1. The molecule has 0 fully saturated rings. The van der Waals surface area contributed by atoms with Crippen LogP contribution >= 0.6 is 11.3 Å². The van der Waals surface area contributed by atoms with Crippen LogP contribution in [0.1, 0.15) is 22.6 Å². The molecule has 140 valence electrons. The molecule has 4 rings (SSSR count). The fourth-order valence-electron chi connectivity index (χ4n) is 3.45. The number of halogens is 1. The Morgan fingerprint density at radius 1 is 1.48 bits per heavy atom. The fourth-order valence-corrected chi connectivity index (χ4v) is 4.34. The van der Waals surface area contributed by atoms with Crippen LogP contribution in [0.15, 0.2) is 63.2 Å². The van der Waals surface area contributed by atoms with Crippen molar-refractivity contribution in [3.05, 3.63) is 69.8 Å².